The van der Waals surface area contributed by atoms with Crippen LogP contribution < -0.4 is 16.8 Å². The van der Waals surface area contributed by atoms with Crippen LogP contribution in [-0.2, 0) is 10.5 Å². The number of nitrogens with zero attached hydrogens (tertiary/aromatic N) is 1. The molecule has 22 heavy (non-hydrogen) atoms. The molecule has 0 aromatic heterocycles. The number of anilines is 3. The maximum atomic E-state index is 12.1. The van der Waals surface area contributed by atoms with Crippen LogP contribution >= 0.6 is 11.6 Å². The molecule has 0 heterocycles. The number of nitrogens with two attached hydrogens (primary N) is 2. The van der Waals surface area contributed by atoms with Gasteiger partial charge in [0, 0.05) is 16.9 Å². The fourth-order valence-corrected chi connectivity index (χ4v) is 2.26. The lowest BCUT2D eigenvalue weighted by atomic mass is 10.1. The van der Waals surface area contributed by atoms with Crippen LogP contribution in [0.25, 0.3) is 0 Å². The Balaban J connectivity index is 2.27. The maximum absolute atomic E-state index is 12.1. The minimum Gasteiger partial charge on any atom is -0.399 e. The molecular weight excluding hydrogens is 328 g/mol. The van der Waals surface area contributed by atoms with Crippen LogP contribution in [0.15, 0.2) is 40.8 Å². The van der Waals surface area contributed by atoms with Crippen molar-refractivity contribution in [2.75, 3.05) is 16.8 Å². The molecule has 0 bridgehead atoms. The third kappa shape index (κ3) is 3.96. The lowest BCUT2D eigenvalue weighted by Gasteiger charge is -2.08. The van der Waals surface area contributed by atoms with Gasteiger partial charge in [-0.3, -0.25) is 4.79 Å². The third-order valence-electron chi connectivity index (χ3n) is 2.62. The van der Waals surface area contributed by atoms with Crippen LogP contribution in [0.3, 0.4) is 0 Å². The number of amides is 1. The van der Waals surface area contributed by atoms with Crippen molar-refractivity contribution in [3.63, 3.8) is 0 Å². The van der Waals surface area contributed by atoms with Gasteiger partial charge in [0.2, 0.25) is 0 Å². The van der Waals surface area contributed by atoms with Crippen LogP contribution in [-0.4, -0.2) is 14.3 Å². The summed E-state index contributed by atoms with van der Waals surface area (Å²) in [7, 11) is -2.58. The molecule has 1 amide bonds. The fraction of sp³-hybridized carbons (Fsp3) is 0. The average molecular weight is 339 g/mol. The largest absolute Gasteiger partial charge is 0.399 e. The highest BCUT2D eigenvalue weighted by Gasteiger charge is 2.10. The predicted molar refractivity (Wildman–Crippen MR) is 85.7 cm³/mol. The minimum atomic E-state index is -2.58. The van der Waals surface area contributed by atoms with Gasteiger partial charge in [-0.2, -0.15) is 8.42 Å². The standard InChI is InChI=1S/C13H11ClN4O3S/c14-11-6-10(18-22(20)21)1-2-12(11)17-13(19)7-3-8(15)5-9(16)4-7/h1-6H,15-16H2,(H,17,19). The highest BCUT2D eigenvalue weighted by atomic mass is 35.5. The molecule has 114 valence electrons. The number of nitrogen functional groups attached to an aromatic ring is 2. The SMILES string of the molecule is Nc1cc(N)cc(C(=O)Nc2ccc(N=S(=O)=O)cc2Cl)c1. The monoisotopic (exact) mass is 338 g/mol. The second-order valence-electron chi connectivity index (χ2n) is 4.32. The zero-order chi connectivity index (χ0) is 16.3. The molecule has 0 radical (unpaired) electrons. The van der Waals surface area contributed by atoms with E-state index in [0.29, 0.717) is 17.1 Å². The van der Waals surface area contributed by atoms with Crippen molar-refractivity contribution in [2.45, 2.75) is 0 Å². The normalized spacial score (nSPS) is 10.0. The van der Waals surface area contributed by atoms with Crippen LogP contribution in [0.5, 0.6) is 0 Å². The Bertz CT molecular complexity index is 853. The summed E-state index contributed by atoms with van der Waals surface area (Å²) in [6.45, 7) is 0. The quantitative estimate of drug-likeness (QED) is 0.740. The molecule has 0 aliphatic heterocycles. The topological polar surface area (TPSA) is 128 Å². The van der Waals surface area contributed by atoms with Gasteiger partial charge >= 0.3 is 10.5 Å². The van der Waals surface area contributed by atoms with E-state index in [1.807, 2.05) is 0 Å². The number of carbonyl (C=O) groups is 1. The van der Waals surface area contributed by atoms with Crippen molar-refractivity contribution in [3.05, 3.63) is 47.0 Å². The first kappa shape index (κ1) is 15.8. The minimum absolute atomic E-state index is 0.150. The van der Waals surface area contributed by atoms with E-state index in [1.54, 1.807) is 0 Å². The summed E-state index contributed by atoms with van der Waals surface area (Å²) in [5.41, 5.74) is 12.7. The Morgan fingerprint density at radius 2 is 1.73 bits per heavy atom. The number of nitrogens with one attached hydrogen (secondary N) is 1. The van der Waals surface area contributed by atoms with E-state index < -0.39 is 16.4 Å². The van der Waals surface area contributed by atoms with Gasteiger partial charge in [-0.25, -0.2) is 0 Å². The summed E-state index contributed by atoms with van der Waals surface area (Å²) in [4.78, 5) is 12.1. The molecule has 2 rings (SSSR count). The van der Waals surface area contributed by atoms with E-state index in [2.05, 4.69) is 9.68 Å². The molecule has 0 fully saturated rings. The Morgan fingerprint density at radius 3 is 2.27 bits per heavy atom. The Morgan fingerprint density at radius 1 is 1.09 bits per heavy atom. The lowest BCUT2D eigenvalue weighted by Crippen LogP contribution is -2.13. The number of rotatable bonds is 3. The summed E-state index contributed by atoms with van der Waals surface area (Å²) < 4.78 is 24.3. The molecular formula is C13H11ClN4O3S. The van der Waals surface area contributed by atoms with E-state index in [4.69, 9.17) is 23.1 Å². The van der Waals surface area contributed by atoms with Gasteiger partial charge in [-0.1, -0.05) is 11.6 Å². The van der Waals surface area contributed by atoms with E-state index in [9.17, 15) is 13.2 Å². The molecule has 9 heteroatoms. The summed E-state index contributed by atoms with van der Waals surface area (Å²) in [5, 5.41) is 2.73. The number of benzene rings is 2. The molecule has 0 spiro atoms. The van der Waals surface area contributed by atoms with E-state index in [0.717, 1.165) is 0 Å². The van der Waals surface area contributed by atoms with Gasteiger partial charge in [0.15, 0.2) is 0 Å². The van der Waals surface area contributed by atoms with Crippen molar-refractivity contribution >= 4 is 50.8 Å². The number of hydrogen-bond acceptors (Lipinski definition) is 6. The summed E-state index contributed by atoms with van der Waals surface area (Å²) in [6, 6.07) is 8.66. The molecule has 0 aliphatic carbocycles. The summed E-state index contributed by atoms with van der Waals surface area (Å²) in [6.07, 6.45) is 0. The third-order valence-corrected chi connectivity index (χ3v) is 3.29. The summed E-state index contributed by atoms with van der Waals surface area (Å²) >= 11 is 5.98. The zero-order valence-electron chi connectivity index (χ0n) is 11.1. The van der Waals surface area contributed by atoms with Crippen molar-refractivity contribution in [1.29, 1.82) is 0 Å². The first-order valence-electron chi connectivity index (χ1n) is 5.93. The second kappa shape index (κ2) is 6.46. The predicted octanol–water partition coefficient (Wildman–Crippen LogP) is 2.45. The number of carbonyl (C=O) groups excluding carboxylic acids is 1. The molecule has 0 unspecified atom stereocenters. The maximum Gasteiger partial charge on any atom is 0.316 e. The fourth-order valence-electron chi connectivity index (χ4n) is 1.75. The zero-order valence-corrected chi connectivity index (χ0v) is 12.6. The van der Waals surface area contributed by atoms with Gasteiger partial charge < -0.3 is 16.8 Å². The first-order valence-corrected chi connectivity index (χ1v) is 7.34. The van der Waals surface area contributed by atoms with E-state index in [1.165, 1.54) is 36.4 Å². The number of hydrogen-bond donors (Lipinski definition) is 3. The van der Waals surface area contributed by atoms with Crippen molar-refractivity contribution < 1.29 is 13.2 Å². The van der Waals surface area contributed by atoms with Crippen LogP contribution in [0.4, 0.5) is 22.7 Å². The van der Waals surface area contributed by atoms with Gasteiger partial charge in [0.25, 0.3) is 5.91 Å². The molecule has 0 atom stereocenters. The Kier molecular flexibility index (Phi) is 4.64. The van der Waals surface area contributed by atoms with Crippen molar-refractivity contribution in [3.8, 4) is 0 Å². The second-order valence-corrected chi connectivity index (χ2v) is 5.34. The Labute approximate surface area is 132 Å². The molecule has 2 aromatic carbocycles. The lowest BCUT2D eigenvalue weighted by molar-refractivity contribution is 0.102. The van der Waals surface area contributed by atoms with Crippen molar-refractivity contribution in [1.82, 2.24) is 0 Å². The van der Waals surface area contributed by atoms with E-state index in [-0.39, 0.29) is 16.3 Å². The van der Waals surface area contributed by atoms with Gasteiger partial charge in [0.05, 0.1) is 16.4 Å². The molecule has 7 nitrogen and oxygen atoms in total. The summed E-state index contributed by atoms with van der Waals surface area (Å²) in [5.74, 6) is -0.446. The van der Waals surface area contributed by atoms with Crippen LogP contribution in [0, 0.1) is 0 Å². The molecule has 0 saturated heterocycles. The first-order chi connectivity index (χ1) is 10.3. The Hall–Kier alpha value is -2.58. The van der Waals surface area contributed by atoms with Crippen LogP contribution in [0.1, 0.15) is 10.4 Å². The van der Waals surface area contributed by atoms with Crippen molar-refractivity contribution in [2.24, 2.45) is 4.36 Å². The highest BCUT2D eigenvalue weighted by molar-refractivity contribution is 7.61. The highest BCUT2D eigenvalue weighted by Crippen LogP contribution is 2.27. The molecule has 2 aromatic rings. The van der Waals surface area contributed by atoms with Gasteiger partial charge in [-0.05, 0) is 36.4 Å². The molecule has 0 aliphatic rings. The average Bonchev–Trinajstić information content (AvgIpc) is 2.40. The van der Waals surface area contributed by atoms with Crippen LogP contribution in [0.2, 0.25) is 5.02 Å². The van der Waals surface area contributed by atoms with Gasteiger partial charge in [0.1, 0.15) is 0 Å². The molecule has 0 saturated carbocycles. The smallest absolute Gasteiger partial charge is 0.316 e. The molecule has 5 N–H and O–H groups in total. The van der Waals surface area contributed by atoms with E-state index >= 15 is 0 Å². The number of halogens is 1. The van der Waals surface area contributed by atoms with Gasteiger partial charge in [-0.15, -0.1) is 4.36 Å².